The van der Waals surface area contributed by atoms with Crippen molar-refractivity contribution in [1.29, 1.82) is 0 Å². The predicted octanol–water partition coefficient (Wildman–Crippen LogP) is 6.47. The molecule has 40 heavy (non-hydrogen) atoms. The van der Waals surface area contributed by atoms with E-state index >= 15 is 0 Å². The lowest BCUT2D eigenvalue weighted by molar-refractivity contribution is -0.142. The third kappa shape index (κ3) is 5.88. The molecular weight excluding hydrogens is 496 g/mol. The maximum atomic E-state index is 11.7. The fourth-order valence-electron chi connectivity index (χ4n) is 6.51. The summed E-state index contributed by atoms with van der Waals surface area (Å²) in [5.74, 6) is 5.09. The van der Waals surface area contributed by atoms with Gasteiger partial charge in [-0.25, -0.2) is 0 Å². The number of hydrogen-bond donors (Lipinski definition) is 1. The SMILES string of the molecule is CC#C[C@H](c1ccc(OCc2ccc(CN3CCC4(CC3)CN(C)c3ccccc34)cc2)cc1)C(CC)C(=O)O. The van der Waals surface area contributed by atoms with Crippen LogP contribution < -0.4 is 9.64 Å². The van der Waals surface area contributed by atoms with Crippen molar-refractivity contribution in [1.82, 2.24) is 4.90 Å². The number of anilines is 1. The number of rotatable bonds is 9. The molecule has 2 atom stereocenters. The number of hydrogen-bond acceptors (Lipinski definition) is 4. The standard InChI is InChI=1S/C35H40N2O3/c1-4-8-31(30(5-2)34(38)39)28-15-17-29(18-16-28)40-24-27-13-11-26(12-14-27)23-37-21-19-35(20-22-37)25-36(3)33-10-7-6-9-32(33)35/h6-7,9-18,30-31H,5,19-25H2,1-3H3,(H,38,39)/t30?,31-/m1/s1. The van der Waals surface area contributed by atoms with Gasteiger partial charge in [-0.15, -0.1) is 5.92 Å². The largest absolute Gasteiger partial charge is 0.489 e. The summed E-state index contributed by atoms with van der Waals surface area (Å²) in [5.41, 5.74) is 6.62. The van der Waals surface area contributed by atoms with Crippen molar-refractivity contribution in [3.8, 4) is 17.6 Å². The molecule has 5 nitrogen and oxygen atoms in total. The predicted molar refractivity (Wildman–Crippen MR) is 161 cm³/mol. The first kappa shape index (κ1) is 27.8. The van der Waals surface area contributed by atoms with Crippen LogP contribution in [-0.4, -0.2) is 42.7 Å². The van der Waals surface area contributed by atoms with Crippen LogP contribution in [0.15, 0.2) is 72.8 Å². The minimum Gasteiger partial charge on any atom is -0.489 e. The summed E-state index contributed by atoms with van der Waals surface area (Å²) in [6.07, 6.45) is 2.95. The molecule has 0 aliphatic carbocycles. The van der Waals surface area contributed by atoms with Crippen LogP contribution >= 0.6 is 0 Å². The molecule has 1 spiro atoms. The lowest BCUT2D eigenvalue weighted by Crippen LogP contribution is -2.44. The Labute approximate surface area is 238 Å². The number of carbonyl (C=O) groups is 1. The Hall–Kier alpha value is -3.75. The van der Waals surface area contributed by atoms with Crippen molar-refractivity contribution in [2.24, 2.45) is 5.92 Å². The second-order valence-corrected chi connectivity index (χ2v) is 11.3. The second kappa shape index (κ2) is 12.2. The molecule has 5 heteroatoms. The molecule has 1 unspecified atom stereocenters. The molecule has 1 saturated heterocycles. The fraction of sp³-hybridized carbons (Fsp3) is 0.400. The topological polar surface area (TPSA) is 53.0 Å². The Bertz CT molecular complexity index is 1360. The maximum Gasteiger partial charge on any atom is 0.308 e. The first-order valence-electron chi connectivity index (χ1n) is 14.4. The van der Waals surface area contributed by atoms with Gasteiger partial charge >= 0.3 is 5.97 Å². The number of fused-ring (bicyclic) bond motifs is 2. The molecule has 3 aromatic carbocycles. The summed E-state index contributed by atoms with van der Waals surface area (Å²) in [5, 5.41) is 9.60. The van der Waals surface area contributed by atoms with Gasteiger partial charge in [0.1, 0.15) is 12.4 Å². The number of likely N-dealkylation sites (N-methyl/N-ethyl adjacent to an activating group) is 1. The Kier molecular flexibility index (Phi) is 8.47. The van der Waals surface area contributed by atoms with Gasteiger partial charge in [0.05, 0.1) is 11.8 Å². The zero-order valence-electron chi connectivity index (χ0n) is 23.9. The number of carboxylic acids is 1. The molecule has 0 amide bonds. The summed E-state index contributed by atoms with van der Waals surface area (Å²) in [6, 6.07) is 25.4. The van der Waals surface area contributed by atoms with Gasteiger partial charge in [0.2, 0.25) is 0 Å². The molecule has 0 bridgehead atoms. The minimum atomic E-state index is -0.810. The van der Waals surface area contributed by atoms with Crippen molar-refractivity contribution in [2.75, 3.05) is 31.6 Å². The Morgan fingerprint density at radius 2 is 1.68 bits per heavy atom. The average Bonchev–Trinajstić information content (AvgIpc) is 3.25. The number of aliphatic carboxylic acids is 1. The van der Waals surface area contributed by atoms with Gasteiger partial charge in [0.25, 0.3) is 0 Å². The highest BCUT2D eigenvalue weighted by molar-refractivity contribution is 5.72. The molecule has 1 fully saturated rings. The highest BCUT2D eigenvalue weighted by atomic mass is 16.5. The van der Waals surface area contributed by atoms with Gasteiger partial charge in [-0.3, -0.25) is 9.69 Å². The molecule has 2 heterocycles. The number of likely N-dealkylation sites (tertiary alicyclic amines) is 1. The summed E-state index contributed by atoms with van der Waals surface area (Å²) >= 11 is 0. The van der Waals surface area contributed by atoms with Crippen molar-refractivity contribution in [2.45, 2.75) is 57.6 Å². The molecule has 2 aliphatic rings. The van der Waals surface area contributed by atoms with Crippen LogP contribution in [0.2, 0.25) is 0 Å². The minimum absolute atomic E-state index is 0.305. The van der Waals surface area contributed by atoms with Crippen molar-refractivity contribution in [3.05, 3.63) is 95.1 Å². The highest BCUT2D eigenvalue weighted by Crippen LogP contribution is 2.46. The van der Waals surface area contributed by atoms with E-state index in [-0.39, 0.29) is 5.92 Å². The Morgan fingerprint density at radius 3 is 2.33 bits per heavy atom. The van der Waals surface area contributed by atoms with Gasteiger partial charge in [-0.2, -0.15) is 0 Å². The van der Waals surface area contributed by atoms with Crippen LogP contribution in [0.1, 0.15) is 61.3 Å². The van der Waals surface area contributed by atoms with Crippen LogP contribution in [0.4, 0.5) is 5.69 Å². The van der Waals surface area contributed by atoms with Gasteiger partial charge in [0, 0.05) is 31.2 Å². The van der Waals surface area contributed by atoms with Crippen LogP contribution in [0.3, 0.4) is 0 Å². The number of nitrogens with zero attached hydrogens (tertiary/aromatic N) is 2. The van der Waals surface area contributed by atoms with Crippen LogP contribution in [0.5, 0.6) is 5.75 Å². The first-order chi connectivity index (χ1) is 19.4. The zero-order valence-corrected chi connectivity index (χ0v) is 23.9. The number of ether oxygens (including phenoxy) is 1. The quantitative estimate of drug-likeness (QED) is 0.318. The lowest BCUT2D eigenvalue weighted by atomic mass is 9.74. The Morgan fingerprint density at radius 1 is 1.00 bits per heavy atom. The van der Waals surface area contributed by atoms with Crippen LogP contribution in [-0.2, 0) is 23.4 Å². The van der Waals surface area contributed by atoms with Gasteiger partial charge < -0.3 is 14.7 Å². The monoisotopic (exact) mass is 536 g/mol. The van der Waals surface area contributed by atoms with E-state index < -0.39 is 11.9 Å². The lowest BCUT2D eigenvalue weighted by Gasteiger charge is -2.40. The van der Waals surface area contributed by atoms with E-state index in [2.05, 4.69) is 77.2 Å². The fourth-order valence-corrected chi connectivity index (χ4v) is 6.51. The normalized spacial score (nSPS) is 17.5. The van der Waals surface area contributed by atoms with Gasteiger partial charge in [-0.05, 0) is 79.7 Å². The smallest absolute Gasteiger partial charge is 0.308 e. The number of carboxylic acid groups (broad SMARTS) is 1. The summed E-state index contributed by atoms with van der Waals surface area (Å²) < 4.78 is 6.04. The molecule has 0 aromatic heterocycles. The van der Waals surface area contributed by atoms with Crippen molar-refractivity contribution < 1.29 is 14.6 Å². The average molecular weight is 537 g/mol. The van der Waals surface area contributed by atoms with E-state index in [9.17, 15) is 9.90 Å². The third-order valence-corrected chi connectivity index (χ3v) is 8.77. The van der Waals surface area contributed by atoms with E-state index in [0.717, 1.165) is 43.1 Å². The molecule has 3 aromatic rings. The zero-order chi connectivity index (χ0) is 28.1. The van der Waals surface area contributed by atoms with E-state index in [1.54, 1.807) is 6.92 Å². The number of para-hydroxylation sites is 1. The van der Waals surface area contributed by atoms with Crippen molar-refractivity contribution >= 4 is 11.7 Å². The number of benzene rings is 3. The molecular formula is C35H40N2O3. The summed E-state index contributed by atoms with van der Waals surface area (Å²) in [4.78, 5) is 16.7. The van der Waals surface area contributed by atoms with Crippen molar-refractivity contribution in [3.63, 3.8) is 0 Å². The van der Waals surface area contributed by atoms with Crippen LogP contribution in [0, 0.1) is 17.8 Å². The number of piperidine rings is 1. The molecule has 2 aliphatic heterocycles. The highest BCUT2D eigenvalue weighted by Gasteiger charge is 2.43. The third-order valence-electron chi connectivity index (χ3n) is 8.77. The van der Waals surface area contributed by atoms with Crippen LogP contribution in [0.25, 0.3) is 0 Å². The molecule has 0 saturated carbocycles. The molecule has 208 valence electrons. The summed E-state index contributed by atoms with van der Waals surface area (Å²) in [7, 11) is 2.22. The van der Waals surface area contributed by atoms with Gasteiger partial charge in [0.15, 0.2) is 0 Å². The van der Waals surface area contributed by atoms with E-state index in [0.29, 0.717) is 18.4 Å². The van der Waals surface area contributed by atoms with E-state index in [1.165, 1.54) is 29.7 Å². The Balaban J connectivity index is 1.13. The molecule has 1 N–H and O–H groups in total. The first-order valence-corrected chi connectivity index (χ1v) is 14.4. The molecule has 0 radical (unpaired) electrons. The maximum absolute atomic E-state index is 11.7. The van der Waals surface area contributed by atoms with E-state index in [1.807, 2.05) is 31.2 Å². The van der Waals surface area contributed by atoms with Gasteiger partial charge in [-0.1, -0.05) is 67.4 Å². The second-order valence-electron chi connectivity index (χ2n) is 11.3. The molecule has 5 rings (SSSR count). The van der Waals surface area contributed by atoms with E-state index in [4.69, 9.17) is 4.74 Å². The summed E-state index contributed by atoms with van der Waals surface area (Å²) in [6.45, 7) is 8.49.